The van der Waals surface area contributed by atoms with Crippen LogP contribution in [-0.2, 0) is 14.8 Å². The summed E-state index contributed by atoms with van der Waals surface area (Å²) in [6, 6.07) is 8.30. The SMILES string of the molecule is CC(C)C[C@@H](C(N)=O)N(CC1CCN(C(=O)c2ccncc2)CC1)S(=O)(=O)c1ccc(Cl)cc1. The molecule has 2 amide bonds. The molecule has 0 saturated carbocycles. The van der Waals surface area contributed by atoms with Crippen molar-refractivity contribution < 1.29 is 18.0 Å². The molecule has 2 aromatic rings. The Kier molecular flexibility index (Phi) is 8.67. The Labute approximate surface area is 206 Å². The third-order valence-corrected chi connectivity index (χ3v) is 8.20. The van der Waals surface area contributed by atoms with Crippen molar-refractivity contribution in [2.24, 2.45) is 17.6 Å². The van der Waals surface area contributed by atoms with Crippen LogP contribution in [0.25, 0.3) is 0 Å². The molecular formula is C24H31ClN4O4S. The second-order valence-corrected chi connectivity index (χ2v) is 11.4. The number of hydrogen-bond acceptors (Lipinski definition) is 5. The van der Waals surface area contributed by atoms with Crippen molar-refractivity contribution in [1.82, 2.24) is 14.2 Å². The fourth-order valence-electron chi connectivity index (χ4n) is 4.21. The number of hydrogen-bond donors (Lipinski definition) is 1. The highest BCUT2D eigenvalue weighted by Crippen LogP contribution is 2.28. The van der Waals surface area contributed by atoms with Crippen LogP contribution in [-0.4, -0.2) is 60.1 Å². The van der Waals surface area contributed by atoms with E-state index in [0.29, 0.717) is 42.9 Å². The minimum atomic E-state index is -3.99. The van der Waals surface area contributed by atoms with E-state index in [2.05, 4.69) is 4.98 Å². The number of aromatic nitrogens is 1. The van der Waals surface area contributed by atoms with Gasteiger partial charge in [0.2, 0.25) is 15.9 Å². The van der Waals surface area contributed by atoms with Crippen molar-refractivity contribution in [2.75, 3.05) is 19.6 Å². The molecule has 1 aliphatic rings. The van der Waals surface area contributed by atoms with Crippen molar-refractivity contribution in [2.45, 2.75) is 44.0 Å². The summed E-state index contributed by atoms with van der Waals surface area (Å²) in [6.45, 7) is 5.01. The minimum absolute atomic E-state index is 0.0161. The Hall–Kier alpha value is -2.49. The van der Waals surface area contributed by atoms with Gasteiger partial charge < -0.3 is 10.6 Å². The molecule has 0 radical (unpaired) electrons. The van der Waals surface area contributed by atoms with Gasteiger partial charge in [-0.25, -0.2) is 8.42 Å². The van der Waals surface area contributed by atoms with Gasteiger partial charge in [-0.05, 0) is 67.5 Å². The Morgan fingerprint density at radius 3 is 2.24 bits per heavy atom. The van der Waals surface area contributed by atoms with Crippen LogP contribution in [0.5, 0.6) is 0 Å². The van der Waals surface area contributed by atoms with Crippen LogP contribution in [0.1, 0.15) is 43.5 Å². The summed E-state index contributed by atoms with van der Waals surface area (Å²) in [4.78, 5) is 30.9. The highest BCUT2D eigenvalue weighted by molar-refractivity contribution is 7.89. The number of rotatable bonds is 9. The first-order chi connectivity index (χ1) is 16.1. The van der Waals surface area contributed by atoms with E-state index in [0.717, 1.165) is 0 Å². The van der Waals surface area contributed by atoms with Crippen LogP contribution in [0.2, 0.25) is 5.02 Å². The first-order valence-corrected chi connectivity index (χ1v) is 13.2. The van der Waals surface area contributed by atoms with Crippen molar-refractivity contribution in [3.05, 3.63) is 59.4 Å². The Morgan fingerprint density at radius 2 is 1.71 bits per heavy atom. The van der Waals surface area contributed by atoms with Crippen LogP contribution < -0.4 is 5.73 Å². The molecular weight excluding hydrogens is 476 g/mol. The molecule has 3 rings (SSSR count). The molecule has 2 N–H and O–H groups in total. The number of pyridine rings is 1. The first kappa shape index (κ1) is 26.1. The minimum Gasteiger partial charge on any atom is -0.368 e. The van der Waals surface area contributed by atoms with Crippen molar-refractivity contribution >= 4 is 33.4 Å². The lowest BCUT2D eigenvalue weighted by Gasteiger charge is -2.37. The molecule has 10 heteroatoms. The summed E-state index contributed by atoms with van der Waals surface area (Å²) in [5.74, 6) is -0.685. The van der Waals surface area contributed by atoms with Crippen molar-refractivity contribution in [3.63, 3.8) is 0 Å². The Balaban J connectivity index is 1.80. The molecule has 34 heavy (non-hydrogen) atoms. The van der Waals surface area contributed by atoms with Crippen LogP contribution in [0.3, 0.4) is 0 Å². The Morgan fingerprint density at radius 1 is 1.12 bits per heavy atom. The molecule has 1 aromatic heterocycles. The van der Waals surface area contributed by atoms with Gasteiger partial charge in [-0.15, -0.1) is 0 Å². The van der Waals surface area contributed by atoms with E-state index in [1.165, 1.54) is 28.6 Å². The lowest BCUT2D eigenvalue weighted by molar-refractivity contribution is -0.122. The molecule has 1 fully saturated rings. The summed E-state index contributed by atoms with van der Waals surface area (Å²) >= 11 is 5.94. The van der Waals surface area contributed by atoms with E-state index in [-0.39, 0.29) is 29.2 Å². The van der Waals surface area contributed by atoms with Crippen LogP contribution in [0.4, 0.5) is 0 Å². The normalized spacial score (nSPS) is 16.1. The number of nitrogens with zero attached hydrogens (tertiary/aromatic N) is 3. The molecule has 0 unspecified atom stereocenters. The number of primary amides is 1. The fraction of sp³-hybridized carbons (Fsp3) is 0.458. The van der Waals surface area contributed by atoms with E-state index in [9.17, 15) is 18.0 Å². The van der Waals surface area contributed by atoms with Crippen LogP contribution in [0.15, 0.2) is 53.7 Å². The monoisotopic (exact) mass is 506 g/mol. The van der Waals surface area contributed by atoms with Gasteiger partial charge in [-0.3, -0.25) is 14.6 Å². The van der Waals surface area contributed by atoms with Crippen LogP contribution >= 0.6 is 11.6 Å². The number of benzene rings is 1. The van der Waals surface area contributed by atoms with Gasteiger partial charge in [0.1, 0.15) is 6.04 Å². The maximum Gasteiger partial charge on any atom is 0.253 e. The maximum atomic E-state index is 13.6. The zero-order valence-corrected chi connectivity index (χ0v) is 21.0. The number of sulfonamides is 1. The number of carbonyl (C=O) groups excluding carboxylic acids is 2. The first-order valence-electron chi connectivity index (χ1n) is 11.4. The number of piperidine rings is 1. The van der Waals surface area contributed by atoms with Crippen molar-refractivity contribution in [3.8, 4) is 0 Å². The number of likely N-dealkylation sites (tertiary alicyclic amines) is 1. The average Bonchev–Trinajstić information content (AvgIpc) is 2.81. The molecule has 2 heterocycles. The maximum absolute atomic E-state index is 13.6. The highest BCUT2D eigenvalue weighted by Gasteiger charge is 2.37. The molecule has 0 bridgehead atoms. The lowest BCUT2D eigenvalue weighted by atomic mass is 9.95. The predicted octanol–water partition coefficient (Wildman–Crippen LogP) is 3.18. The predicted molar refractivity (Wildman–Crippen MR) is 131 cm³/mol. The van der Waals surface area contributed by atoms with Gasteiger partial charge in [-0.1, -0.05) is 25.4 Å². The third-order valence-electron chi connectivity index (χ3n) is 6.06. The summed E-state index contributed by atoms with van der Waals surface area (Å²) in [6.07, 6.45) is 4.73. The zero-order valence-electron chi connectivity index (χ0n) is 19.4. The quantitative estimate of drug-likeness (QED) is 0.561. The van der Waals surface area contributed by atoms with Gasteiger partial charge in [0, 0.05) is 42.6 Å². The van der Waals surface area contributed by atoms with E-state index in [4.69, 9.17) is 17.3 Å². The van der Waals surface area contributed by atoms with Gasteiger partial charge in [-0.2, -0.15) is 4.31 Å². The molecule has 0 spiro atoms. The van der Waals surface area contributed by atoms with Crippen LogP contribution in [0, 0.1) is 11.8 Å². The largest absolute Gasteiger partial charge is 0.368 e. The van der Waals surface area contributed by atoms with E-state index >= 15 is 0 Å². The molecule has 184 valence electrons. The Bertz CT molecular complexity index is 1090. The molecule has 1 aromatic carbocycles. The zero-order chi connectivity index (χ0) is 24.9. The van der Waals surface area contributed by atoms with E-state index in [1.807, 2.05) is 13.8 Å². The second-order valence-electron chi connectivity index (χ2n) is 9.05. The summed E-state index contributed by atoms with van der Waals surface area (Å²) in [5.41, 5.74) is 6.27. The number of amides is 2. The summed E-state index contributed by atoms with van der Waals surface area (Å²) < 4.78 is 28.5. The average molecular weight is 507 g/mol. The van der Waals surface area contributed by atoms with Gasteiger partial charge in [0.15, 0.2) is 0 Å². The smallest absolute Gasteiger partial charge is 0.253 e. The molecule has 1 aliphatic heterocycles. The molecule has 1 atom stereocenters. The van der Waals surface area contributed by atoms with E-state index in [1.54, 1.807) is 29.4 Å². The van der Waals surface area contributed by atoms with Gasteiger partial charge >= 0.3 is 0 Å². The summed E-state index contributed by atoms with van der Waals surface area (Å²) in [7, 11) is -3.99. The lowest BCUT2D eigenvalue weighted by Crippen LogP contribution is -2.51. The second kappa shape index (κ2) is 11.3. The van der Waals surface area contributed by atoms with Gasteiger partial charge in [0.05, 0.1) is 4.90 Å². The van der Waals surface area contributed by atoms with E-state index < -0.39 is 22.0 Å². The topological polar surface area (TPSA) is 114 Å². The fourth-order valence-corrected chi connectivity index (χ4v) is 6.02. The molecule has 1 saturated heterocycles. The summed E-state index contributed by atoms with van der Waals surface area (Å²) in [5, 5.41) is 0.422. The molecule has 0 aliphatic carbocycles. The van der Waals surface area contributed by atoms with Crippen molar-refractivity contribution in [1.29, 1.82) is 0 Å². The third kappa shape index (κ3) is 6.34. The highest BCUT2D eigenvalue weighted by atomic mass is 35.5. The van der Waals surface area contributed by atoms with Gasteiger partial charge in [0.25, 0.3) is 5.91 Å². The number of nitrogens with two attached hydrogens (primary N) is 1. The standard InChI is InChI=1S/C24H31ClN4O4S/c1-17(2)15-22(23(26)30)29(34(32,33)21-5-3-20(25)4-6-21)16-18-9-13-28(14-10-18)24(31)19-7-11-27-12-8-19/h3-8,11-12,17-18,22H,9-10,13-16H2,1-2H3,(H2,26,30)/t22-/m0/s1. The molecule has 8 nitrogen and oxygen atoms in total. The number of carbonyl (C=O) groups is 2. The number of halogens is 1.